The summed E-state index contributed by atoms with van der Waals surface area (Å²) in [5.41, 5.74) is 5.06. The van der Waals surface area contributed by atoms with Gasteiger partial charge in [0, 0.05) is 30.2 Å². The Bertz CT molecular complexity index is 862. The SMILES string of the molecule is C/C=N\C(=c1\[nH]c(-c2ccccc2)c(C)c1=C(C)C)N1CCCCC1. The molecule has 1 aromatic carbocycles. The maximum Gasteiger partial charge on any atom is 0.152 e. The fraction of sp³-hybridized carbons (Fsp3) is 0.409. The van der Waals surface area contributed by atoms with Gasteiger partial charge in [-0.05, 0) is 58.1 Å². The molecule has 2 aromatic rings. The number of likely N-dealkylation sites (tertiary alicyclic amines) is 1. The minimum atomic E-state index is 1.09. The first-order valence-corrected chi connectivity index (χ1v) is 9.33. The Morgan fingerprint density at radius 1 is 1.08 bits per heavy atom. The number of nitrogens with one attached hydrogen (secondary N) is 1. The van der Waals surface area contributed by atoms with Crippen LogP contribution < -0.4 is 10.6 Å². The highest BCUT2D eigenvalue weighted by molar-refractivity contribution is 5.68. The molecule has 3 nitrogen and oxygen atoms in total. The van der Waals surface area contributed by atoms with E-state index in [4.69, 9.17) is 4.99 Å². The molecule has 3 heteroatoms. The van der Waals surface area contributed by atoms with Crippen molar-refractivity contribution in [1.82, 2.24) is 9.88 Å². The van der Waals surface area contributed by atoms with E-state index in [1.807, 2.05) is 13.1 Å². The van der Waals surface area contributed by atoms with Gasteiger partial charge in [0.1, 0.15) is 0 Å². The van der Waals surface area contributed by atoms with Crippen LogP contribution >= 0.6 is 0 Å². The zero-order valence-corrected chi connectivity index (χ0v) is 15.9. The summed E-state index contributed by atoms with van der Waals surface area (Å²) in [7, 11) is 0. The molecule has 0 amide bonds. The van der Waals surface area contributed by atoms with Crippen LogP contribution in [0.1, 0.15) is 45.6 Å². The number of benzene rings is 1. The molecular weight excluding hydrogens is 306 g/mol. The smallest absolute Gasteiger partial charge is 0.152 e. The van der Waals surface area contributed by atoms with Crippen molar-refractivity contribution in [3.63, 3.8) is 0 Å². The number of hydrogen-bond donors (Lipinski definition) is 1. The first-order valence-electron chi connectivity index (χ1n) is 9.33. The molecule has 0 bridgehead atoms. The summed E-state index contributed by atoms with van der Waals surface area (Å²) in [4.78, 5) is 10.9. The van der Waals surface area contributed by atoms with Crippen molar-refractivity contribution in [2.75, 3.05) is 13.1 Å². The van der Waals surface area contributed by atoms with E-state index < -0.39 is 0 Å². The molecule has 1 N–H and O–H groups in total. The number of nitrogens with zero attached hydrogens (tertiary/aromatic N) is 2. The zero-order chi connectivity index (χ0) is 17.8. The summed E-state index contributed by atoms with van der Waals surface area (Å²) in [6.45, 7) is 10.8. The molecule has 0 spiro atoms. The van der Waals surface area contributed by atoms with Gasteiger partial charge in [0.05, 0.1) is 5.35 Å². The lowest BCUT2D eigenvalue weighted by atomic mass is 10.1. The van der Waals surface area contributed by atoms with Crippen molar-refractivity contribution in [2.24, 2.45) is 4.99 Å². The molecule has 0 aliphatic carbocycles. The Kier molecular flexibility index (Phi) is 5.42. The second kappa shape index (κ2) is 7.73. The lowest BCUT2D eigenvalue weighted by Gasteiger charge is -2.28. The molecule has 132 valence electrons. The van der Waals surface area contributed by atoms with Crippen LogP contribution in [0.15, 0.2) is 35.3 Å². The Morgan fingerprint density at radius 2 is 1.76 bits per heavy atom. The quantitative estimate of drug-likeness (QED) is 0.850. The predicted molar refractivity (Wildman–Crippen MR) is 108 cm³/mol. The van der Waals surface area contributed by atoms with Gasteiger partial charge in [0.2, 0.25) is 0 Å². The molecule has 1 saturated heterocycles. The zero-order valence-electron chi connectivity index (χ0n) is 15.9. The number of aromatic amines is 1. The highest BCUT2D eigenvalue weighted by Gasteiger charge is 2.17. The highest BCUT2D eigenvalue weighted by atomic mass is 15.2. The second-order valence-electron chi connectivity index (χ2n) is 7.00. The summed E-state index contributed by atoms with van der Waals surface area (Å²) in [5, 5.41) is 2.47. The van der Waals surface area contributed by atoms with E-state index in [0.29, 0.717) is 0 Å². The summed E-state index contributed by atoms with van der Waals surface area (Å²) in [6.07, 6.45) is 5.73. The topological polar surface area (TPSA) is 31.4 Å². The molecule has 1 aliphatic rings. The Hall–Kier alpha value is -2.29. The number of aliphatic imine (C=N–C) groups is 1. The van der Waals surface area contributed by atoms with Crippen molar-refractivity contribution in [1.29, 1.82) is 0 Å². The number of piperidine rings is 1. The molecule has 0 saturated carbocycles. The minimum Gasteiger partial charge on any atom is -0.355 e. The van der Waals surface area contributed by atoms with Crippen LogP contribution in [0, 0.1) is 6.92 Å². The largest absolute Gasteiger partial charge is 0.355 e. The van der Waals surface area contributed by atoms with Crippen molar-refractivity contribution in [2.45, 2.75) is 47.0 Å². The van der Waals surface area contributed by atoms with Crippen molar-refractivity contribution in [3.05, 3.63) is 46.5 Å². The Balaban J connectivity index is 2.32. The van der Waals surface area contributed by atoms with E-state index in [-0.39, 0.29) is 0 Å². The van der Waals surface area contributed by atoms with E-state index >= 15 is 0 Å². The third kappa shape index (κ3) is 3.55. The van der Waals surface area contributed by atoms with E-state index in [1.165, 1.54) is 46.9 Å². The van der Waals surface area contributed by atoms with Gasteiger partial charge < -0.3 is 9.88 Å². The predicted octanol–water partition coefficient (Wildman–Crippen LogP) is 3.82. The van der Waals surface area contributed by atoms with Crippen LogP contribution in [0.25, 0.3) is 22.7 Å². The lowest BCUT2D eigenvalue weighted by molar-refractivity contribution is 0.319. The van der Waals surface area contributed by atoms with E-state index in [2.05, 4.69) is 61.0 Å². The van der Waals surface area contributed by atoms with E-state index in [1.54, 1.807) is 0 Å². The van der Waals surface area contributed by atoms with Gasteiger partial charge in [0.15, 0.2) is 5.82 Å². The normalized spacial score (nSPS) is 16.4. The molecule has 0 atom stereocenters. The first kappa shape index (κ1) is 17.5. The fourth-order valence-electron chi connectivity index (χ4n) is 3.81. The molecule has 3 rings (SSSR count). The van der Waals surface area contributed by atoms with Gasteiger partial charge in [-0.25, -0.2) is 4.99 Å². The van der Waals surface area contributed by atoms with Crippen LogP contribution in [0.4, 0.5) is 0 Å². The maximum atomic E-state index is 4.78. The second-order valence-corrected chi connectivity index (χ2v) is 7.00. The molecule has 25 heavy (non-hydrogen) atoms. The van der Waals surface area contributed by atoms with E-state index in [9.17, 15) is 0 Å². The molecule has 1 aromatic heterocycles. The number of rotatable bonds is 3. The summed E-state index contributed by atoms with van der Waals surface area (Å²) in [5.74, 6) is 1.09. The lowest BCUT2D eigenvalue weighted by Crippen LogP contribution is -2.37. The van der Waals surface area contributed by atoms with E-state index in [0.717, 1.165) is 24.3 Å². The van der Waals surface area contributed by atoms with Gasteiger partial charge in [-0.2, -0.15) is 0 Å². The number of aromatic nitrogens is 1. The maximum absolute atomic E-state index is 4.78. The third-order valence-corrected chi connectivity index (χ3v) is 4.94. The molecule has 1 aliphatic heterocycles. The standard InChI is InChI=1S/C22H29N3/c1-5-23-22(25-14-10-7-11-15-25)21-19(16(2)3)17(4)20(24-21)18-12-8-6-9-13-18/h5-6,8-9,12-13,24H,7,10-11,14-15H2,1-4H3/b22-21-,23-5-. The Labute approximate surface area is 150 Å². The molecular formula is C22H29N3. The molecule has 2 heterocycles. The number of H-pyrrole nitrogens is 1. The first-order chi connectivity index (χ1) is 12.1. The van der Waals surface area contributed by atoms with Crippen LogP contribution in [0.3, 0.4) is 0 Å². The van der Waals surface area contributed by atoms with Gasteiger partial charge in [-0.1, -0.05) is 35.9 Å². The van der Waals surface area contributed by atoms with Gasteiger partial charge >= 0.3 is 0 Å². The van der Waals surface area contributed by atoms with Gasteiger partial charge in [0.25, 0.3) is 0 Å². The van der Waals surface area contributed by atoms with Crippen molar-refractivity contribution in [3.8, 4) is 11.3 Å². The fourth-order valence-corrected chi connectivity index (χ4v) is 3.81. The molecule has 1 fully saturated rings. The van der Waals surface area contributed by atoms with Crippen LogP contribution in [-0.2, 0) is 0 Å². The van der Waals surface area contributed by atoms with Crippen LogP contribution in [0.5, 0.6) is 0 Å². The summed E-state index contributed by atoms with van der Waals surface area (Å²) < 4.78 is 0. The van der Waals surface area contributed by atoms with Crippen LogP contribution in [0.2, 0.25) is 0 Å². The van der Waals surface area contributed by atoms with Crippen LogP contribution in [-0.4, -0.2) is 29.2 Å². The molecule has 0 unspecified atom stereocenters. The summed E-state index contributed by atoms with van der Waals surface area (Å²) >= 11 is 0. The van der Waals surface area contributed by atoms with Gasteiger partial charge in [-0.3, -0.25) is 0 Å². The highest BCUT2D eigenvalue weighted by Crippen LogP contribution is 2.19. The minimum absolute atomic E-state index is 1.09. The average molecular weight is 335 g/mol. The average Bonchev–Trinajstić information content (AvgIpc) is 2.98. The van der Waals surface area contributed by atoms with Crippen molar-refractivity contribution < 1.29 is 0 Å². The molecule has 0 radical (unpaired) electrons. The third-order valence-electron chi connectivity index (χ3n) is 4.94. The number of hydrogen-bond acceptors (Lipinski definition) is 2. The Morgan fingerprint density at radius 3 is 2.36 bits per heavy atom. The monoisotopic (exact) mass is 335 g/mol. The van der Waals surface area contributed by atoms with Crippen molar-refractivity contribution >= 4 is 17.6 Å². The van der Waals surface area contributed by atoms with Gasteiger partial charge in [-0.15, -0.1) is 0 Å². The summed E-state index contributed by atoms with van der Waals surface area (Å²) in [6, 6.07) is 10.6.